The maximum Gasteiger partial charge on any atom is 0.276 e. The van der Waals surface area contributed by atoms with Crippen LogP contribution in [0.25, 0.3) is 5.65 Å². The van der Waals surface area contributed by atoms with E-state index in [1.165, 1.54) is 0 Å². The van der Waals surface area contributed by atoms with Crippen molar-refractivity contribution in [2.24, 2.45) is 5.73 Å². The third-order valence-corrected chi connectivity index (χ3v) is 6.34. The lowest BCUT2D eigenvalue weighted by molar-refractivity contribution is 0.102. The number of carbonyl (C=O) groups excluding carboxylic acids is 1. The normalized spacial score (nSPS) is 17.5. The van der Waals surface area contributed by atoms with Gasteiger partial charge in [-0.2, -0.15) is 0 Å². The Bertz CT molecular complexity index is 1330. The van der Waals surface area contributed by atoms with Crippen molar-refractivity contribution in [3.63, 3.8) is 0 Å². The van der Waals surface area contributed by atoms with Crippen LogP contribution in [0.3, 0.4) is 0 Å². The first-order valence-corrected chi connectivity index (χ1v) is 12.1. The molecule has 10 nitrogen and oxygen atoms in total. The maximum absolute atomic E-state index is 13.2. The Morgan fingerprint density at radius 2 is 1.78 bits per heavy atom. The van der Waals surface area contributed by atoms with Crippen molar-refractivity contribution in [1.82, 2.24) is 19.6 Å². The fourth-order valence-corrected chi connectivity index (χ4v) is 4.36. The van der Waals surface area contributed by atoms with Gasteiger partial charge >= 0.3 is 0 Å². The van der Waals surface area contributed by atoms with Crippen LogP contribution < -0.4 is 26.6 Å². The summed E-state index contributed by atoms with van der Waals surface area (Å²) in [6.45, 7) is 0. The molecule has 5 N–H and O–H groups in total. The van der Waals surface area contributed by atoms with Gasteiger partial charge in [0.15, 0.2) is 11.3 Å². The number of nitrogens with zero attached hydrogens (tertiary/aromatic N) is 5. The Labute approximate surface area is 209 Å². The molecule has 0 aliphatic heterocycles. The molecule has 1 amide bonds. The molecule has 10 heteroatoms. The molecule has 3 heterocycles. The van der Waals surface area contributed by atoms with E-state index in [1.807, 2.05) is 67.5 Å². The minimum atomic E-state index is -0.319. The number of rotatable bonds is 7. The molecule has 1 aliphatic rings. The molecule has 0 atom stereocenters. The van der Waals surface area contributed by atoms with E-state index in [2.05, 4.69) is 25.9 Å². The number of amides is 1. The van der Waals surface area contributed by atoms with Gasteiger partial charge in [0.1, 0.15) is 11.6 Å². The van der Waals surface area contributed by atoms with Crippen molar-refractivity contribution in [1.29, 1.82) is 0 Å². The van der Waals surface area contributed by atoms with E-state index in [0.29, 0.717) is 22.8 Å². The smallest absolute Gasteiger partial charge is 0.276 e. The van der Waals surface area contributed by atoms with Crippen molar-refractivity contribution in [2.45, 2.75) is 37.8 Å². The number of hydrogen-bond donors (Lipinski definition) is 4. The first kappa shape index (κ1) is 23.6. The number of nitrogens with one attached hydrogen (secondary N) is 3. The molecule has 1 fully saturated rings. The largest absolute Gasteiger partial charge is 0.366 e. The Morgan fingerprint density at radius 3 is 2.47 bits per heavy atom. The summed E-state index contributed by atoms with van der Waals surface area (Å²) in [5.74, 6) is 1.16. The summed E-state index contributed by atoms with van der Waals surface area (Å²) in [5.41, 5.74) is 9.23. The van der Waals surface area contributed by atoms with Crippen LogP contribution in [0.4, 0.5) is 28.7 Å². The van der Waals surface area contributed by atoms with Crippen LogP contribution in [0.1, 0.15) is 36.2 Å². The number of nitrogens with two attached hydrogens (primary N) is 1. The number of hydrogen-bond acceptors (Lipinski definition) is 8. The van der Waals surface area contributed by atoms with E-state index in [-0.39, 0.29) is 18.0 Å². The maximum atomic E-state index is 13.2. The number of para-hydroxylation sites is 1. The Balaban J connectivity index is 1.46. The highest BCUT2D eigenvalue weighted by molar-refractivity contribution is 6.03. The van der Waals surface area contributed by atoms with Crippen molar-refractivity contribution >= 4 is 40.3 Å². The monoisotopic (exact) mass is 485 g/mol. The van der Waals surface area contributed by atoms with Crippen molar-refractivity contribution in [3.05, 3.63) is 66.6 Å². The van der Waals surface area contributed by atoms with E-state index in [1.54, 1.807) is 16.9 Å². The van der Waals surface area contributed by atoms with Crippen LogP contribution in [-0.2, 0) is 0 Å². The molecule has 0 bridgehead atoms. The quantitative estimate of drug-likeness (QED) is 0.311. The third-order valence-electron chi connectivity index (χ3n) is 6.34. The lowest BCUT2D eigenvalue weighted by Crippen LogP contribution is -2.33. The van der Waals surface area contributed by atoms with Gasteiger partial charge < -0.3 is 26.6 Å². The molecule has 5 rings (SSSR count). The number of aromatic nitrogens is 4. The molecule has 1 aromatic carbocycles. The number of anilines is 5. The topological polar surface area (TPSA) is 126 Å². The molecule has 36 heavy (non-hydrogen) atoms. The standard InChI is InChI=1S/C26H31N9O/c1-34(2)24-13-12-20(15-28-24)32-26(36)22-16-29-25-21(30-18-6-4-3-5-7-18)14-23(33-35(22)25)31-19-10-8-17(27)9-11-19/h3-7,12-17,19,30H,8-11,27H2,1-2H3,(H,31,33)(H,32,36)/t17-,19-. The fraction of sp³-hybridized carbons (Fsp3) is 0.308. The lowest BCUT2D eigenvalue weighted by atomic mass is 9.92. The average Bonchev–Trinajstić information content (AvgIpc) is 3.31. The van der Waals surface area contributed by atoms with Gasteiger partial charge in [-0.25, -0.2) is 14.5 Å². The van der Waals surface area contributed by atoms with E-state index < -0.39 is 0 Å². The van der Waals surface area contributed by atoms with Crippen LogP contribution in [0.15, 0.2) is 60.9 Å². The molecule has 4 aromatic rings. The summed E-state index contributed by atoms with van der Waals surface area (Å²) >= 11 is 0. The average molecular weight is 486 g/mol. The number of carbonyl (C=O) groups is 1. The molecule has 0 unspecified atom stereocenters. The van der Waals surface area contributed by atoms with Crippen LogP contribution in [0, 0.1) is 0 Å². The predicted octanol–water partition coefficient (Wildman–Crippen LogP) is 3.87. The second-order valence-electron chi connectivity index (χ2n) is 9.32. The first-order valence-electron chi connectivity index (χ1n) is 12.1. The number of fused-ring (bicyclic) bond motifs is 1. The van der Waals surface area contributed by atoms with E-state index >= 15 is 0 Å². The van der Waals surface area contributed by atoms with E-state index in [4.69, 9.17) is 10.8 Å². The van der Waals surface area contributed by atoms with Crippen molar-refractivity contribution in [2.75, 3.05) is 34.9 Å². The summed E-state index contributed by atoms with van der Waals surface area (Å²) in [5, 5.41) is 14.6. The van der Waals surface area contributed by atoms with Gasteiger partial charge in [-0.3, -0.25) is 4.79 Å². The van der Waals surface area contributed by atoms with Crippen molar-refractivity contribution in [3.8, 4) is 0 Å². The summed E-state index contributed by atoms with van der Waals surface area (Å²) in [6.07, 6.45) is 7.10. The second kappa shape index (κ2) is 10.2. The summed E-state index contributed by atoms with van der Waals surface area (Å²) in [4.78, 5) is 24.0. The molecule has 3 aromatic heterocycles. The van der Waals surface area contributed by atoms with E-state index in [9.17, 15) is 4.79 Å². The van der Waals surface area contributed by atoms with Gasteiger partial charge in [-0.05, 0) is 49.9 Å². The lowest BCUT2D eigenvalue weighted by Gasteiger charge is -2.27. The van der Waals surface area contributed by atoms with Crippen molar-refractivity contribution < 1.29 is 4.79 Å². The Hall–Kier alpha value is -4.18. The Kier molecular flexibility index (Phi) is 6.68. The van der Waals surface area contributed by atoms with Gasteiger partial charge in [-0.15, -0.1) is 5.10 Å². The Morgan fingerprint density at radius 1 is 1.00 bits per heavy atom. The van der Waals surface area contributed by atoms with E-state index in [0.717, 1.165) is 42.9 Å². The molecular formula is C26H31N9O. The SMILES string of the molecule is CN(C)c1ccc(NC(=O)c2cnc3c(Nc4ccccc4)cc(N[C@H]4CC[C@H](N)CC4)nn23)cn1. The van der Waals surface area contributed by atoms with Crippen LogP contribution >= 0.6 is 0 Å². The molecule has 1 aliphatic carbocycles. The zero-order valence-electron chi connectivity index (χ0n) is 20.5. The van der Waals surface area contributed by atoms with Gasteiger partial charge in [0.05, 0.1) is 23.8 Å². The first-order chi connectivity index (χ1) is 17.5. The van der Waals surface area contributed by atoms with Gasteiger partial charge in [0, 0.05) is 37.9 Å². The summed E-state index contributed by atoms with van der Waals surface area (Å²) < 4.78 is 1.58. The molecule has 0 spiro atoms. The zero-order valence-corrected chi connectivity index (χ0v) is 20.5. The summed E-state index contributed by atoms with van der Waals surface area (Å²) in [6, 6.07) is 16.0. The molecule has 0 radical (unpaired) electrons. The number of imidazole rings is 1. The number of benzene rings is 1. The van der Waals surface area contributed by atoms with Gasteiger partial charge in [-0.1, -0.05) is 18.2 Å². The highest BCUT2D eigenvalue weighted by Gasteiger charge is 2.21. The highest BCUT2D eigenvalue weighted by atomic mass is 16.2. The molecular weight excluding hydrogens is 454 g/mol. The highest BCUT2D eigenvalue weighted by Crippen LogP contribution is 2.27. The molecule has 0 saturated heterocycles. The number of pyridine rings is 1. The molecule has 186 valence electrons. The third kappa shape index (κ3) is 5.23. The fourth-order valence-electron chi connectivity index (χ4n) is 4.36. The van der Waals surface area contributed by atoms with Crippen LogP contribution in [-0.4, -0.2) is 51.7 Å². The minimum Gasteiger partial charge on any atom is -0.366 e. The second-order valence-corrected chi connectivity index (χ2v) is 9.32. The van der Waals surface area contributed by atoms with Gasteiger partial charge in [0.2, 0.25) is 0 Å². The summed E-state index contributed by atoms with van der Waals surface area (Å²) in [7, 11) is 3.83. The predicted molar refractivity (Wildman–Crippen MR) is 143 cm³/mol. The van der Waals surface area contributed by atoms with Crippen LogP contribution in [0.2, 0.25) is 0 Å². The van der Waals surface area contributed by atoms with Gasteiger partial charge in [0.25, 0.3) is 5.91 Å². The van der Waals surface area contributed by atoms with Crippen LogP contribution in [0.5, 0.6) is 0 Å². The molecule has 1 saturated carbocycles. The minimum absolute atomic E-state index is 0.263. The zero-order chi connectivity index (χ0) is 25.1.